The first-order valence-electron chi connectivity index (χ1n) is 14.2. The summed E-state index contributed by atoms with van der Waals surface area (Å²) in [5, 5.41) is 0. The Morgan fingerprint density at radius 3 is 1.64 bits per heavy atom. The summed E-state index contributed by atoms with van der Waals surface area (Å²) in [5.41, 5.74) is 6.66. The molecule has 0 heterocycles. The normalized spacial score (nSPS) is 20.4. The van der Waals surface area contributed by atoms with Gasteiger partial charge in [0.2, 0.25) is 0 Å². The lowest BCUT2D eigenvalue weighted by Crippen LogP contribution is -2.15. The Balaban J connectivity index is -0.000000563. The predicted octanol–water partition coefficient (Wildman–Crippen LogP) is 11.8. The van der Waals surface area contributed by atoms with E-state index in [2.05, 4.69) is 93.3 Å². The second-order valence-electron chi connectivity index (χ2n) is 11.6. The second-order valence-corrected chi connectivity index (χ2v) is 16.1. The van der Waals surface area contributed by atoms with Gasteiger partial charge in [-0.3, -0.25) is 0 Å². The van der Waals surface area contributed by atoms with Gasteiger partial charge in [0, 0.05) is 22.1 Å². The van der Waals surface area contributed by atoms with Crippen molar-refractivity contribution in [3.8, 4) is 0 Å². The summed E-state index contributed by atoms with van der Waals surface area (Å²) in [6.07, 6.45) is 17.4. The predicted molar refractivity (Wildman–Crippen MR) is 182 cm³/mol. The fourth-order valence-corrected chi connectivity index (χ4v) is 5.86. The number of ether oxygens (including phenoxy) is 2. The smallest absolute Gasteiger partial charge is 0.356 e. The molecule has 0 bridgehead atoms. The van der Waals surface area contributed by atoms with Gasteiger partial charge in [0.15, 0.2) is 6.29 Å². The van der Waals surface area contributed by atoms with Crippen LogP contribution in [-0.4, -0.2) is 22.9 Å². The van der Waals surface area contributed by atoms with Crippen LogP contribution in [0, 0.1) is 23.7 Å². The lowest BCUT2D eigenvalue weighted by atomic mass is 9.79. The molecule has 0 aliphatic heterocycles. The van der Waals surface area contributed by atoms with Gasteiger partial charge in [-0.15, -0.1) is 6.58 Å². The van der Waals surface area contributed by atoms with E-state index in [-0.39, 0.29) is 9.14 Å². The molecule has 2 aliphatic carbocycles. The van der Waals surface area contributed by atoms with Crippen molar-refractivity contribution in [2.75, 3.05) is 16.7 Å². The van der Waals surface area contributed by atoms with E-state index in [1.165, 1.54) is 60.2 Å². The zero-order valence-electron chi connectivity index (χ0n) is 25.9. The Bertz CT molecular complexity index is 643. The van der Waals surface area contributed by atoms with Crippen LogP contribution in [0.25, 0.3) is 0 Å². The molecule has 2 unspecified atom stereocenters. The summed E-state index contributed by atoms with van der Waals surface area (Å²) in [7, 11) is 3.43. The molecule has 0 saturated carbocycles. The SMILES string of the molecule is C=CCCC1=C(C)CC(CC(C)C)CC1.COC(CCC1=C(C)CC(CC(C)C)CC1)OC.ICI.[2HH].[H+]. The standard InChI is InChI=1S/C16H30O2.C15H26.CH2I2.H2/c1-12(2)10-14-6-7-15(13(3)11-14)8-9-16(17-4)18-5;1-5-6-7-15-9-8-14(10-12(2)3)11-13(15)4;2-1-3;/h12,14,16H,6-11H2,1-5H3;5,12,14H,1,6-11H2,2-4H3;1H2;1H/p+1/i;;;1+1. The van der Waals surface area contributed by atoms with Gasteiger partial charge >= 0.3 is 1.43 Å². The molecule has 4 heteroatoms. The number of hydrogen-bond acceptors (Lipinski definition) is 2. The quantitative estimate of drug-likeness (QED) is 0.0861. The van der Waals surface area contributed by atoms with Crippen LogP contribution in [0.1, 0.15) is 121 Å². The summed E-state index contributed by atoms with van der Waals surface area (Å²) in [6.45, 7) is 17.8. The lowest BCUT2D eigenvalue weighted by molar-refractivity contribution is -0.105. The largest absolute Gasteiger partial charge is 1.00 e. The van der Waals surface area contributed by atoms with Crippen molar-refractivity contribution >= 4 is 45.2 Å². The lowest BCUT2D eigenvalue weighted by Gasteiger charge is -2.27. The molecule has 0 aromatic carbocycles. The summed E-state index contributed by atoms with van der Waals surface area (Å²) in [4.78, 5) is 0. The fraction of sp³-hybridized carbons (Fsp3) is 0.812. The molecule has 0 N–H and O–H groups in total. The molecule has 0 spiro atoms. The van der Waals surface area contributed by atoms with Crippen LogP contribution in [0.3, 0.4) is 0 Å². The monoisotopic (exact) mass is 732 g/mol. The zero-order valence-corrected chi connectivity index (χ0v) is 29.3. The van der Waals surface area contributed by atoms with Gasteiger partial charge in [0.25, 0.3) is 0 Å². The highest BCUT2D eigenvalue weighted by Crippen LogP contribution is 2.36. The molecule has 0 aromatic heterocycles. The first-order chi connectivity index (χ1) is 17.1. The second kappa shape index (κ2) is 22.4. The number of methoxy groups -OCH3 is 2. The van der Waals surface area contributed by atoms with Crippen molar-refractivity contribution < 1.29 is 12.3 Å². The molecule has 0 saturated heterocycles. The molecule has 2 aliphatic rings. The molecule has 2 atom stereocenters. The van der Waals surface area contributed by atoms with Gasteiger partial charge in [0.05, 0.1) is 2.43 Å². The van der Waals surface area contributed by atoms with E-state index in [0.29, 0.717) is 0 Å². The molecular formula is C32H61I2O2+. The maximum Gasteiger partial charge on any atom is 1.00 e. The molecule has 0 amide bonds. The van der Waals surface area contributed by atoms with E-state index in [4.69, 9.17) is 9.47 Å². The minimum Gasteiger partial charge on any atom is -0.356 e. The van der Waals surface area contributed by atoms with Crippen LogP contribution < -0.4 is 0 Å². The summed E-state index contributed by atoms with van der Waals surface area (Å²) in [6, 6.07) is 0. The van der Waals surface area contributed by atoms with E-state index in [1.807, 2.05) is 6.08 Å². The van der Waals surface area contributed by atoms with Gasteiger partial charge in [-0.05, 0) is 108 Å². The van der Waals surface area contributed by atoms with Crippen LogP contribution in [0.15, 0.2) is 34.9 Å². The maximum atomic E-state index is 5.25. The van der Waals surface area contributed by atoms with Gasteiger partial charge in [-0.1, -0.05) is 101 Å². The third kappa shape index (κ3) is 17.2. The minimum absolute atomic E-state index is 0. The molecule has 2 nitrogen and oxygen atoms in total. The highest BCUT2D eigenvalue weighted by atomic mass is 127. The van der Waals surface area contributed by atoms with Gasteiger partial charge in [0.1, 0.15) is 0 Å². The summed E-state index contributed by atoms with van der Waals surface area (Å²) < 4.78 is 11.7. The number of allylic oxidation sites excluding steroid dienone is 5. The Labute approximate surface area is 256 Å². The Morgan fingerprint density at radius 2 is 1.31 bits per heavy atom. The minimum atomic E-state index is -0.0429. The van der Waals surface area contributed by atoms with Gasteiger partial charge in [-0.25, -0.2) is 0 Å². The average molecular weight is 733 g/mol. The van der Waals surface area contributed by atoms with E-state index in [1.54, 1.807) is 36.5 Å². The van der Waals surface area contributed by atoms with Crippen molar-refractivity contribution in [2.24, 2.45) is 23.7 Å². The van der Waals surface area contributed by atoms with Crippen molar-refractivity contribution in [3.05, 3.63) is 34.9 Å². The van der Waals surface area contributed by atoms with E-state index >= 15 is 0 Å². The maximum absolute atomic E-state index is 5.25. The molecule has 2 rings (SSSR count). The number of halogens is 2. The highest BCUT2D eigenvalue weighted by Gasteiger charge is 2.20. The highest BCUT2D eigenvalue weighted by molar-refractivity contribution is 14.2. The third-order valence-corrected chi connectivity index (χ3v) is 7.57. The van der Waals surface area contributed by atoms with E-state index in [0.717, 1.165) is 42.9 Å². The van der Waals surface area contributed by atoms with E-state index < -0.39 is 0 Å². The van der Waals surface area contributed by atoms with E-state index in [9.17, 15) is 0 Å². The van der Waals surface area contributed by atoms with Crippen molar-refractivity contribution in [1.29, 1.82) is 0 Å². The fourth-order valence-electron chi connectivity index (χ4n) is 5.86. The topological polar surface area (TPSA) is 18.5 Å². The van der Waals surface area contributed by atoms with Crippen LogP contribution in [0.2, 0.25) is 0 Å². The zero-order chi connectivity index (χ0) is 27.5. The van der Waals surface area contributed by atoms with Crippen molar-refractivity contribution in [3.63, 3.8) is 0 Å². The van der Waals surface area contributed by atoms with Crippen molar-refractivity contribution in [1.82, 2.24) is 0 Å². The van der Waals surface area contributed by atoms with Crippen molar-refractivity contribution in [2.45, 2.75) is 125 Å². The Morgan fingerprint density at radius 1 is 0.889 bits per heavy atom. The average Bonchev–Trinajstić information content (AvgIpc) is 2.80. The van der Waals surface area contributed by atoms with Crippen LogP contribution >= 0.6 is 45.2 Å². The number of rotatable bonds is 12. The van der Waals surface area contributed by atoms with Crippen LogP contribution in [0.5, 0.6) is 0 Å². The summed E-state index contributed by atoms with van der Waals surface area (Å²) in [5.74, 6) is 3.56. The number of alkyl halides is 2. The first kappa shape index (κ1) is 36.6. The molecule has 0 aromatic rings. The molecular weight excluding hydrogens is 670 g/mol. The van der Waals surface area contributed by atoms with Crippen LogP contribution in [-0.2, 0) is 9.47 Å². The van der Waals surface area contributed by atoms with Crippen LogP contribution in [0.4, 0.5) is 0 Å². The molecule has 214 valence electrons. The third-order valence-electron chi connectivity index (χ3n) is 7.57. The number of hydrogen-bond donors (Lipinski definition) is 0. The first-order valence-corrected chi connectivity index (χ1v) is 17.3. The Kier molecular flexibility index (Phi) is 22.8. The molecule has 0 fully saturated rings. The molecule has 36 heavy (non-hydrogen) atoms. The van der Waals surface area contributed by atoms with Gasteiger partial charge < -0.3 is 9.47 Å². The summed E-state index contributed by atoms with van der Waals surface area (Å²) >= 11 is 4.55. The molecule has 0 radical (unpaired) electrons. The van der Waals surface area contributed by atoms with Gasteiger partial charge in [-0.2, -0.15) is 0 Å². The Hall–Kier alpha value is 0.600.